The summed E-state index contributed by atoms with van der Waals surface area (Å²) in [5.41, 5.74) is -0.902. The van der Waals surface area contributed by atoms with E-state index in [4.69, 9.17) is 4.74 Å². The monoisotopic (exact) mass is 395 g/mol. The van der Waals surface area contributed by atoms with Crippen LogP contribution in [0.25, 0.3) is 0 Å². The summed E-state index contributed by atoms with van der Waals surface area (Å²) in [7, 11) is 0.115. The molecule has 0 fully saturated rings. The lowest BCUT2D eigenvalue weighted by molar-refractivity contribution is -0.115. The maximum absolute atomic E-state index is 12.6. The highest BCUT2D eigenvalue weighted by Gasteiger charge is 2.30. The molecular formula is C17H21N3O6S. The molecule has 0 bridgehead atoms. The second-order valence-corrected chi connectivity index (χ2v) is 8.33. The van der Waals surface area contributed by atoms with Crippen molar-refractivity contribution in [1.29, 1.82) is 0 Å². The van der Waals surface area contributed by atoms with E-state index < -0.39 is 38.0 Å². The zero-order valence-corrected chi connectivity index (χ0v) is 16.2. The Kier molecular flexibility index (Phi) is 5.89. The van der Waals surface area contributed by atoms with Gasteiger partial charge in [-0.2, -0.15) is 0 Å². The fraction of sp³-hybridized carbons (Fsp3) is 0.353. The molecule has 1 N–H and O–H groups in total. The fourth-order valence-electron chi connectivity index (χ4n) is 2.39. The van der Waals surface area contributed by atoms with Crippen molar-refractivity contribution >= 4 is 21.4 Å². The molecule has 1 atom stereocenters. The van der Waals surface area contributed by atoms with E-state index >= 15 is 0 Å². The Hall–Kier alpha value is -2.88. The van der Waals surface area contributed by atoms with Crippen LogP contribution in [0.15, 0.2) is 39.9 Å². The molecule has 27 heavy (non-hydrogen) atoms. The number of aromatic nitrogens is 2. The molecule has 9 nitrogen and oxygen atoms in total. The fourth-order valence-corrected chi connectivity index (χ4v) is 3.72. The molecule has 10 heteroatoms. The van der Waals surface area contributed by atoms with Crippen molar-refractivity contribution in [3.05, 3.63) is 56.9 Å². The molecule has 0 aliphatic carbocycles. The number of amides is 1. The minimum absolute atomic E-state index is 0.0139. The van der Waals surface area contributed by atoms with E-state index in [-0.39, 0.29) is 5.69 Å². The molecule has 0 aliphatic heterocycles. The number of nitrogens with one attached hydrogen (secondary N) is 1. The number of para-hydroxylation sites is 2. The molecule has 0 spiro atoms. The van der Waals surface area contributed by atoms with E-state index in [0.29, 0.717) is 11.4 Å². The van der Waals surface area contributed by atoms with Crippen LogP contribution in [0.5, 0.6) is 5.75 Å². The van der Waals surface area contributed by atoms with E-state index in [1.807, 2.05) is 0 Å². The van der Waals surface area contributed by atoms with Crippen LogP contribution in [0.3, 0.4) is 0 Å². The van der Waals surface area contributed by atoms with Crippen LogP contribution in [0.4, 0.5) is 5.69 Å². The van der Waals surface area contributed by atoms with Crippen molar-refractivity contribution in [3.8, 4) is 5.75 Å². The quantitative estimate of drug-likeness (QED) is 0.738. The lowest BCUT2D eigenvalue weighted by atomic mass is 10.3. The van der Waals surface area contributed by atoms with Crippen LogP contribution in [0.2, 0.25) is 0 Å². The van der Waals surface area contributed by atoms with Gasteiger partial charge < -0.3 is 10.1 Å². The number of benzene rings is 1. The average Bonchev–Trinajstić information content (AvgIpc) is 2.63. The van der Waals surface area contributed by atoms with Gasteiger partial charge in [0.2, 0.25) is 5.91 Å². The zero-order chi connectivity index (χ0) is 20.4. The van der Waals surface area contributed by atoms with Gasteiger partial charge >= 0.3 is 5.69 Å². The van der Waals surface area contributed by atoms with Crippen LogP contribution in [-0.4, -0.2) is 35.8 Å². The maximum atomic E-state index is 12.6. The Morgan fingerprint density at radius 1 is 1.19 bits per heavy atom. The topological polar surface area (TPSA) is 116 Å². The number of methoxy groups -OCH3 is 1. The summed E-state index contributed by atoms with van der Waals surface area (Å²) in [6.45, 7) is 1.25. The van der Waals surface area contributed by atoms with Gasteiger partial charge in [-0.15, -0.1) is 0 Å². The van der Waals surface area contributed by atoms with E-state index in [0.717, 1.165) is 15.2 Å². The van der Waals surface area contributed by atoms with Crippen LogP contribution < -0.4 is 21.3 Å². The first-order valence-corrected chi connectivity index (χ1v) is 9.71. The van der Waals surface area contributed by atoms with Gasteiger partial charge in [-0.25, -0.2) is 13.2 Å². The molecule has 146 valence electrons. The molecule has 1 heterocycles. The number of nitrogens with zero attached hydrogens (tertiary/aromatic N) is 2. The number of hydrogen-bond donors (Lipinski definition) is 1. The first-order chi connectivity index (χ1) is 12.6. The van der Waals surface area contributed by atoms with Crippen LogP contribution in [0.1, 0.15) is 12.6 Å². The minimum Gasteiger partial charge on any atom is -0.495 e. The Bertz CT molecular complexity index is 1080. The maximum Gasteiger partial charge on any atom is 0.330 e. The molecule has 0 unspecified atom stereocenters. The number of ether oxygens (including phenoxy) is 1. The van der Waals surface area contributed by atoms with Crippen molar-refractivity contribution < 1.29 is 17.9 Å². The number of rotatable bonds is 6. The number of sulfone groups is 1. The largest absolute Gasteiger partial charge is 0.495 e. The Morgan fingerprint density at radius 3 is 2.44 bits per heavy atom. The molecule has 0 aliphatic rings. The van der Waals surface area contributed by atoms with Gasteiger partial charge in [0, 0.05) is 25.9 Å². The van der Waals surface area contributed by atoms with Gasteiger partial charge in [0.15, 0.2) is 9.84 Å². The van der Waals surface area contributed by atoms with E-state index in [9.17, 15) is 22.8 Å². The predicted molar refractivity (Wildman–Crippen MR) is 101 cm³/mol. The highest BCUT2D eigenvalue weighted by Crippen LogP contribution is 2.23. The van der Waals surface area contributed by atoms with Gasteiger partial charge in [-0.1, -0.05) is 12.1 Å². The summed E-state index contributed by atoms with van der Waals surface area (Å²) >= 11 is 0. The summed E-state index contributed by atoms with van der Waals surface area (Å²) in [4.78, 5) is 36.1. The molecule has 2 aromatic rings. The average molecular weight is 395 g/mol. The molecule has 1 amide bonds. The summed E-state index contributed by atoms with van der Waals surface area (Å²) in [6, 6.07) is 7.67. The summed E-state index contributed by atoms with van der Waals surface area (Å²) in [5, 5.41) is 1.12. The number of anilines is 1. The highest BCUT2D eigenvalue weighted by molar-refractivity contribution is 7.92. The van der Waals surface area contributed by atoms with Gasteiger partial charge in [-0.05, 0) is 19.1 Å². The predicted octanol–water partition coefficient (Wildman–Crippen LogP) is 0.0346. The SMILES string of the molecule is COc1ccccc1NC(=O)[C@H](C)S(=O)(=O)Cc1cc(=O)n(C)c(=O)n1C. The molecule has 0 saturated heterocycles. The first-order valence-electron chi connectivity index (χ1n) is 8.00. The third kappa shape index (κ3) is 4.27. The minimum atomic E-state index is -3.98. The van der Waals surface area contributed by atoms with Gasteiger partial charge in [0.25, 0.3) is 5.56 Å². The molecule has 1 aromatic heterocycles. The van der Waals surface area contributed by atoms with Crippen molar-refractivity contribution in [2.75, 3.05) is 12.4 Å². The van der Waals surface area contributed by atoms with Crippen LogP contribution in [-0.2, 0) is 34.5 Å². The highest BCUT2D eigenvalue weighted by atomic mass is 32.2. The summed E-state index contributed by atoms with van der Waals surface area (Å²) in [6.07, 6.45) is 0. The van der Waals surface area contributed by atoms with E-state index in [1.54, 1.807) is 24.3 Å². The Morgan fingerprint density at radius 2 is 1.81 bits per heavy atom. The van der Waals surface area contributed by atoms with Crippen molar-refractivity contribution in [3.63, 3.8) is 0 Å². The number of hydrogen-bond acceptors (Lipinski definition) is 6. The molecule has 2 rings (SSSR count). The molecular weight excluding hydrogens is 374 g/mol. The summed E-state index contributed by atoms with van der Waals surface area (Å²) < 4.78 is 32.3. The van der Waals surface area contributed by atoms with Crippen molar-refractivity contribution in [1.82, 2.24) is 9.13 Å². The smallest absolute Gasteiger partial charge is 0.330 e. The zero-order valence-electron chi connectivity index (χ0n) is 15.4. The number of carbonyl (C=O) groups is 1. The van der Waals surface area contributed by atoms with Gasteiger partial charge in [0.05, 0.1) is 18.6 Å². The normalized spacial score (nSPS) is 12.4. The van der Waals surface area contributed by atoms with Gasteiger partial charge in [-0.3, -0.25) is 18.7 Å². The van der Waals surface area contributed by atoms with Crippen LogP contribution >= 0.6 is 0 Å². The van der Waals surface area contributed by atoms with Gasteiger partial charge in [0.1, 0.15) is 11.0 Å². The van der Waals surface area contributed by atoms with E-state index in [1.165, 1.54) is 28.1 Å². The van der Waals surface area contributed by atoms with Crippen molar-refractivity contribution in [2.45, 2.75) is 17.9 Å². The molecule has 0 saturated carbocycles. The third-order valence-corrected chi connectivity index (χ3v) is 6.24. The molecule has 0 radical (unpaired) electrons. The Labute approximate surface area is 156 Å². The second-order valence-electron chi connectivity index (χ2n) is 6.01. The second kappa shape index (κ2) is 7.78. The lowest BCUT2D eigenvalue weighted by Crippen LogP contribution is -2.40. The first kappa shape index (κ1) is 20.4. The standard InChI is InChI=1S/C17H21N3O6S/c1-11(16(22)18-13-7-5-6-8-14(13)26-4)27(24,25)10-12-9-15(21)20(3)17(23)19(12)2/h5-9,11H,10H2,1-4H3,(H,18,22)/t11-/m0/s1. The summed E-state index contributed by atoms with van der Waals surface area (Å²) in [5.74, 6) is -0.965. The molecule has 1 aromatic carbocycles. The van der Waals surface area contributed by atoms with Crippen LogP contribution in [0, 0.1) is 0 Å². The number of carbonyl (C=O) groups excluding carboxylic acids is 1. The Balaban J connectivity index is 2.27. The lowest BCUT2D eigenvalue weighted by Gasteiger charge is -2.16. The third-order valence-electron chi connectivity index (χ3n) is 4.25. The van der Waals surface area contributed by atoms with Crippen molar-refractivity contribution in [2.24, 2.45) is 14.1 Å². The van der Waals surface area contributed by atoms with E-state index in [2.05, 4.69) is 5.32 Å².